The maximum absolute atomic E-state index is 12.4. The van der Waals surface area contributed by atoms with Gasteiger partial charge < -0.3 is 19.5 Å². The van der Waals surface area contributed by atoms with Gasteiger partial charge in [0, 0.05) is 6.92 Å². The Balaban J connectivity index is 2.15. The second kappa shape index (κ2) is 8.72. The standard InChI is InChI=1S/C21H23NO7/c1-12-18(20(26)29-21(12,3)4)17(24)11-28-19(25)16(22-13(2)23)10-14-6-8-15(27-5)9-7-14/h6-10H,11H2,1-5H3,(H,22,23)/b16-10+. The molecule has 29 heavy (non-hydrogen) atoms. The lowest BCUT2D eigenvalue weighted by Crippen LogP contribution is -2.28. The number of Topliss-reactive ketones (excluding diaryl/α,β-unsaturated/α-hetero) is 1. The van der Waals surface area contributed by atoms with Gasteiger partial charge in [0.1, 0.15) is 22.6 Å². The summed E-state index contributed by atoms with van der Waals surface area (Å²) in [6, 6.07) is 6.75. The van der Waals surface area contributed by atoms with E-state index < -0.39 is 35.8 Å². The molecule has 1 aliphatic heterocycles. The zero-order valence-electron chi connectivity index (χ0n) is 17.0. The highest BCUT2D eigenvalue weighted by atomic mass is 16.6. The van der Waals surface area contributed by atoms with E-state index in [0.29, 0.717) is 16.9 Å². The summed E-state index contributed by atoms with van der Waals surface area (Å²) in [4.78, 5) is 48.2. The number of hydrogen-bond donors (Lipinski definition) is 1. The first-order chi connectivity index (χ1) is 13.5. The zero-order valence-corrected chi connectivity index (χ0v) is 17.0. The van der Waals surface area contributed by atoms with Crippen molar-refractivity contribution in [3.63, 3.8) is 0 Å². The Morgan fingerprint density at radius 2 is 1.79 bits per heavy atom. The second-order valence-corrected chi connectivity index (χ2v) is 6.91. The number of esters is 2. The Morgan fingerprint density at radius 1 is 1.17 bits per heavy atom. The molecule has 0 saturated carbocycles. The van der Waals surface area contributed by atoms with E-state index >= 15 is 0 Å². The van der Waals surface area contributed by atoms with E-state index in [1.807, 2.05) is 0 Å². The third-order valence-corrected chi connectivity index (χ3v) is 4.40. The van der Waals surface area contributed by atoms with Crippen LogP contribution in [0.4, 0.5) is 0 Å². The van der Waals surface area contributed by atoms with Crippen LogP contribution in [0.5, 0.6) is 5.75 Å². The summed E-state index contributed by atoms with van der Waals surface area (Å²) >= 11 is 0. The number of benzene rings is 1. The molecule has 8 heteroatoms. The molecule has 1 aromatic carbocycles. The fourth-order valence-corrected chi connectivity index (χ4v) is 2.62. The highest BCUT2D eigenvalue weighted by Gasteiger charge is 2.40. The van der Waals surface area contributed by atoms with Gasteiger partial charge >= 0.3 is 11.9 Å². The van der Waals surface area contributed by atoms with Gasteiger partial charge in [0.05, 0.1) is 7.11 Å². The first-order valence-corrected chi connectivity index (χ1v) is 8.83. The summed E-state index contributed by atoms with van der Waals surface area (Å²) in [5.41, 5.74) is -0.0720. The van der Waals surface area contributed by atoms with Crippen LogP contribution in [0.1, 0.15) is 33.3 Å². The fraction of sp³-hybridized carbons (Fsp3) is 0.333. The van der Waals surface area contributed by atoms with Crippen LogP contribution < -0.4 is 10.1 Å². The summed E-state index contributed by atoms with van der Waals surface area (Å²) < 4.78 is 15.2. The van der Waals surface area contributed by atoms with E-state index in [1.54, 1.807) is 45.0 Å². The van der Waals surface area contributed by atoms with Crippen molar-refractivity contribution in [3.8, 4) is 5.75 Å². The third-order valence-electron chi connectivity index (χ3n) is 4.40. The largest absolute Gasteiger partial charge is 0.497 e. The Hall–Kier alpha value is -3.42. The van der Waals surface area contributed by atoms with Gasteiger partial charge in [-0.15, -0.1) is 0 Å². The van der Waals surface area contributed by atoms with Gasteiger partial charge in [-0.25, -0.2) is 9.59 Å². The summed E-state index contributed by atoms with van der Waals surface area (Å²) in [7, 11) is 1.53. The lowest BCUT2D eigenvalue weighted by Gasteiger charge is -2.17. The lowest BCUT2D eigenvalue weighted by atomic mass is 9.96. The SMILES string of the molecule is COc1ccc(/C=C(/NC(C)=O)C(=O)OCC(=O)C2=C(C)C(C)(C)OC2=O)cc1. The summed E-state index contributed by atoms with van der Waals surface area (Å²) in [5, 5.41) is 2.38. The fourth-order valence-electron chi connectivity index (χ4n) is 2.62. The Labute approximate surface area is 168 Å². The van der Waals surface area contributed by atoms with E-state index in [9.17, 15) is 19.2 Å². The lowest BCUT2D eigenvalue weighted by molar-refractivity contribution is -0.148. The van der Waals surface area contributed by atoms with Crippen LogP contribution in [0.3, 0.4) is 0 Å². The maximum Gasteiger partial charge on any atom is 0.355 e. The third kappa shape index (κ3) is 5.31. The maximum atomic E-state index is 12.4. The normalized spacial score (nSPS) is 15.6. The molecule has 154 valence electrons. The van der Waals surface area contributed by atoms with Crippen molar-refractivity contribution in [2.45, 2.75) is 33.3 Å². The molecule has 8 nitrogen and oxygen atoms in total. The highest BCUT2D eigenvalue weighted by molar-refractivity contribution is 6.20. The molecule has 1 aromatic rings. The summed E-state index contributed by atoms with van der Waals surface area (Å²) in [6.45, 7) is 5.53. The summed E-state index contributed by atoms with van der Waals surface area (Å²) in [6.07, 6.45) is 1.41. The minimum atomic E-state index is -0.909. The van der Waals surface area contributed by atoms with Gasteiger partial charge in [0.2, 0.25) is 11.7 Å². The van der Waals surface area contributed by atoms with Crippen molar-refractivity contribution < 1.29 is 33.4 Å². The Kier molecular flexibility index (Phi) is 6.58. The van der Waals surface area contributed by atoms with Gasteiger partial charge in [0.25, 0.3) is 0 Å². The van der Waals surface area contributed by atoms with Crippen molar-refractivity contribution in [2.75, 3.05) is 13.7 Å². The molecule has 0 atom stereocenters. The smallest absolute Gasteiger partial charge is 0.355 e. The molecular formula is C21H23NO7. The van der Waals surface area contributed by atoms with Crippen molar-refractivity contribution in [1.29, 1.82) is 0 Å². The van der Waals surface area contributed by atoms with Crippen molar-refractivity contribution >= 4 is 29.7 Å². The van der Waals surface area contributed by atoms with Crippen molar-refractivity contribution in [1.82, 2.24) is 5.32 Å². The van der Waals surface area contributed by atoms with Crippen LogP contribution in [0.2, 0.25) is 0 Å². The van der Waals surface area contributed by atoms with Crippen LogP contribution in [0.25, 0.3) is 6.08 Å². The molecule has 0 spiro atoms. The van der Waals surface area contributed by atoms with Gasteiger partial charge in [-0.05, 0) is 50.1 Å². The average molecular weight is 401 g/mol. The van der Waals surface area contributed by atoms with Crippen molar-refractivity contribution in [3.05, 3.63) is 46.7 Å². The number of methoxy groups -OCH3 is 1. The van der Waals surface area contributed by atoms with E-state index in [2.05, 4.69) is 5.32 Å². The first-order valence-electron chi connectivity index (χ1n) is 8.83. The van der Waals surface area contributed by atoms with Gasteiger partial charge in [-0.3, -0.25) is 9.59 Å². The molecule has 0 aliphatic carbocycles. The molecule has 2 rings (SSSR count). The Bertz CT molecular complexity index is 907. The minimum Gasteiger partial charge on any atom is -0.497 e. The molecule has 1 aliphatic rings. The van der Waals surface area contributed by atoms with Crippen LogP contribution in [-0.2, 0) is 28.7 Å². The van der Waals surface area contributed by atoms with Crippen molar-refractivity contribution in [2.24, 2.45) is 0 Å². The zero-order chi connectivity index (χ0) is 21.8. The molecule has 0 aromatic heterocycles. The van der Waals surface area contributed by atoms with Gasteiger partial charge in [0.15, 0.2) is 6.61 Å². The monoisotopic (exact) mass is 401 g/mol. The molecule has 0 saturated heterocycles. The first kappa shape index (κ1) is 21.9. The minimum absolute atomic E-state index is 0.122. The number of ketones is 1. The number of rotatable bonds is 7. The number of carbonyl (C=O) groups excluding carboxylic acids is 4. The number of carbonyl (C=O) groups is 4. The van der Waals surface area contributed by atoms with Gasteiger partial charge in [-0.2, -0.15) is 0 Å². The summed E-state index contributed by atoms with van der Waals surface area (Å²) in [5.74, 6) is -2.17. The average Bonchev–Trinajstić information content (AvgIpc) is 2.86. The number of hydrogen-bond acceptors (Lipinski definition) is 7. The quantitative estimate of drug-likeness (QED) is 0.422. The van der Waals surface area contributed by atoms with E-state index in [0.717, 1.165) is 0 Å². The molecule has 0 unspecified atom stereocenters. The predicted octanol–water partition coefficient (Wildman–Crippen LogP) is 1.94. The molecule has 0 bridgehead atoms. The number of ether oxygens (including phenoxy) is 3. The predicted molar refractivity (Wildman–Crippen MR) is 104 cm³/mol. The topological polar surface area (TPSA) is 108 Å². The highest BCUT2D eigenvalue weighted by Crippen LogP contribution is 2.32. The molecule has 1 N–H and O–H groups in total. The van der Waals surface area contributed by atoms with Crippen LogP contribution in [-0.4, -0.2) is 42.9 Å². The number of nitrogens with one attached hydrogen (secondary N) is 1. The van der Waals surface area contributed by atoms with Crippen LogP contribution >= 0.6 is 0 Å². The molecular weight excluding hydrogens is 378 g/mol. The number of cyclic esters (lactones) is 1. The van der Waals surface area contributed by atoms with Crippen LogP contribution in [0, 0.1) is 0 Å². The number of amides is 1. The molecule has 1 amide bonds. The molecule has 0 fully saturated rings. The Morgan fingerprint density at radius 3 is 2.28 bits per heavy atom. The van der Waals surface area contributed by atoms with E-state index in [4.69, 9.17) is 14.2 Å². The van der Waals surface area contributed by atoms with Gasteiger partial charge in [-0.1, -0.05) is 12.1 Å². The molecule has 0 radical (unpaired) electrons. The van der Waals surface area contributed by atoms with E-state index in [1.165, 1.54) is 20.1 Å². The second-order valence-electron chi connectivity index (χ2n) is 6.91. The van der Waals surface area contributed by atoms with E-state index in [-0.39, 0.29) is 11.3 Å². The van der Waals surface area contributed by atoms with Crippen LogP contribution in [0.15, 0.2) is 41.1 Å². The molecule has 1 heterocycles.